The molecule has 2 heteroatoms. The molecule has 0 unspecified atom stereocenters. The van der Waals surface area contributed by atoms with E-state index in [1.807, 2.05) is 0 Å². The van der Waals surface area contributed by atoms with Gasteiger partial charge in [0.05, 0.1) is 0 Å². The average molecular weight is 347 g/mol. The van der Waals surface area contributed by atoms with Crippen molar-refractivity contribution in [2.24, 2.45) is 0 Å². The monoisotopic (exact) mass is 348 g/mol. The zero-order chi connectivity index (χ0) is 5.66. The summed E-state index contributed by atoms with van der Waals surface area (Å²) >= 11 is 0. The van der Waals surface area contributed by atoms with Crippen molar-refractivity contribution >= 4 is 0 Å². The zero-order valence-corrected chi connectivity index (χ0v) is 12.9. The van der Waals surface area contributed by atoms with Crippen LogP contribution in [0.1, 0.15) is 44.9 Å². The van der Waals surface area contributed by atoms with E-state index in [1.165, 1.54) is 44.9 Å². The molecule has 10 heavy (non-hydrogen) atoms. The molecule has 2 radical (unpaired) electrons. The van der Waals surface area contributed by atoms with Gasteiger partial charge in [-0.15, -0.1) is 0 Å². The predicted octanol–water partition coefficient (Wildman–Crippen LogP) is -0.0635. The number of hydrogen-bond donors (Lipinski definition) is 0. The van der Waals surface area contributed by atoms with E-state index in [4.69, 9.17) is 0 Å². The quantitative estimate of drug-likeness (QED) is 0.539. The normalized spacial score (nSPS) is 19.2. The molecule has 0 bridgehead atoms. The summed E-state index contributed by atoms with van der Waals surface area (Å²) in [5.74, 6) is 0. The average Bonchev–Trinajstić information content (AvgIpc) is 1.62. The van der Waals surface area contributed by atoms with E-state index in [9.17, 15) is 0 Å². The molecule has 0 aliphatic heterocycles. The molecule has 0 saturated heterocycles. The molecule has 1 aliphatic carbocycles. The third-order valence-corrected chi connectivity index (χ3v) is 1.82. The van der Waals surface area contributed by atoms with Gasteiger partial charge in [0.1, 0.15) is 0 Å². The largest absolute Gasteiger partial charge is 1.00 e. The Bertz CT molecular complexity index is 33.2. The number of rotatable bonds is 0. The molecule has 0 N–H and O–H groups in total. The van der Waals surface area contributed by atoms with Gasteiger partial charge in [0.2, 0.25) is 0 Å². The van der Waals surface area contributed by atoms with E-state index >= 15 is 0 Å². The van der Waals surface area contributed by atoms with E-state index < -0.39 is 0 Å². The Morgan fingerprint density at radius 3 is 1.60 bits per heavy atom. The van der Waals surface area contributed by atoms with Gasteiger partial charge in [-0.25, -0.2) is 0 Å². The molecule has 0 amide bonds. The molecule has 1 rings (SSSR count). The van der Waals surface area contributed by atoms with Crippen molar-refractivity contribution < 1.29 is 40.1 Å². The van der Waals surface area contributed by atoms with Gasteiger partial charge in [-0.05, 0) is 6.42 Å². The van der Waals surface area contributed by atoms with Crippen LogP contribution in [0.25, 0.3) is 0 Å². The van der Waals surface area contributed by atoms with E-state index in [2.05, 4.69) is 6.42 Å². The summed E-state index contributed by atoms with van der Waals surface area (Å²) in [6.45, 7) is 0. The first-order valence-electron chi connectivity index (χ1n) is 3.82. The molecule has 0 spiro atoms. The van der Waals surface area contributed by atoms with Crippen molar-refractivity contribution in [3.8, 4) is 0 Å². The van der Waals surface area contributed by atoms with Crippen LogP contribution >= 0.6 is 0 Å². The van der Waals surface area contributed by atoms with Crippen molar-refractivity contribution in [2.45, 2.75) is 44.9 Å². The minimum absolute atomic E-state index is 0. The summed E-state index contributed by atoms with van der Waals surface area (Å²) in [4.78, 5) is 0. The Labute approximate surface area is 91.1 Å². The second kappa shape index (κ2) is 10.2. The summed E-state index contributed by atoms with van der Waals surface area (Å²) in [6.07, 6.45) is 12.5. The Hall–Kier alpha value is 1.23. The molecule has 0 nitrogen and oxygen atoms in total. The fourth-order valence-corrected chi connectivity index (χ4v) is 1.25. The van der Waals surface area contributed by atoms with Gasteiger partial charge in [-0.2, -0.15) is 0 Å². The van der Waals surface area contributed by atoms with Crippen LogP contribution in [0.3, 0.4) is 0 Å². The maximum atomic E-state index is 2.44. The van der Waals surface area contributed by atoms with Crippen LogP contribution in [0.2, 0.25) is 0 Å². The molecular weight excluding hydrogens is 332 g/mol. The maximum Gasteiger partial charge on any atom is 1.00 e. The topological polar surface area (TPSA) is 0 Å². The summed E-state index contributed by atoms with van der Waals surface area (Å²) in [6, 6.07) is 0. The summed E-state index contributed by atoms with van der Waals surface area (Å²) in [7, 11) is 0. The third-order valence-electron chi connectivity index (χ3n) is 1.82. The Balaban J connectivity index is 0. The first-order valence-corrected chi connectivity index (χ1v) is 3.82. The van der Waals surface area contributed by atoms with E-state index in [-0.39, 0.29) is 40.1 Å². The first-order chi connectivity index (χ1) is 4.00. The summed E-state index contributed by atoms with van der Waals surface area (Å²) in [5, 5.41) is 0. The molecule has 1 fully saturated rings. The van der Waals surface area contributed by atoms with Gasteiger partial charge in [0, 0.05) is 0 Å². The standard InChI is InChI=1S/C8H15.ClH.Hg/c1-2-4-6-8-7-5-3-1;;/h1H,2-8H2;1H;/q;;+1/p-1. The van der Waals surface area contributed by atoms with Crippen molar-refractivity contribution in [2.75, 3.05) is 0 Å². The van der Waals surface area contributed by atoms with Crippen LogP contribution in [-0.4, -0.2) is 0 Å². The van der Waals surface area contributed by atoms with Gasteiger partial charge < -0.3 is 12.4 Å². The van der Waals surface area contributed by atoms with Crippen LogP contribution in [0.15, 0.2) is 0 Å². The van der Waals surface area contributed by atoms with E-state index in [1.54, 1.807) is 0 Å². The number of hydrogen-bond acceptors (Lipinski definition) is 0. The smallest absolute Gasteiger partial charge is 1.00 e. The van der Waals surface area contributed by atoms with Crippen LogP contribution in [0, 0.1) is 6.42 Å². The van der Waals surface area contributed by atoms with Crippen molar-refractivity contribution in [3.63, 3.8) is 0 Å². The Morgan fingerprint density at radius 2 is 1.10 bits per heavy atom. The molecule has 1 aliphatic rings. The first kappa shape index (κ1) is 13.8. The second-order valence-corrected chi connectivity index (χ2v) is 2.63. The Kier molecular flexibility index (Phi) is 14.1. The summed E-state index contributed by atoms with van der Waals surface area (Å²) in [5.41, 5.74) is 0. The molecule has 0 aromatic heterocycles. The van der Waals surface area contributed by atoms with Gasteiger partial charge in [0.25, 0.3) is 0 Å². The van der Waals surface area contributed by atoms with Crippen molar-refractivity contribution in [1.29, 1.82) is 0 Å². The SMILES string of the molecule is [CH]1CCCCCCC1.[Cl-].[Hg+]. The molecule has 0 atom stereocenters. The molecule has 0 heterocycles. The third kappa shape index (κ3) is 7.33. The fourth-order valence-electron chi connectivity index (χ4n) is 1.25. The molecule has 56 valence electrons. The van der Waals surface area contributed by atoms with Gasteiger partial charge >= 0.3 is 27.7 Å². The second-order valence-electron chi connectivity index (χ2n) is 2.63. The van der Waals surface area contributed by atoms with Gasteiger partial charge in [-0.1, -0.05) is 44.9 Å². The fraction of sp³-hybridized carbons (Fsp3) is 0.875. The van der Waals surface area contributed by atoms with Crippen LogP contribution in [-0.2, 0) is 27.7 Å². The maximum absolute atomic E-state index is 2.44. The zero-order valence-electron chi connectivity index (χ0n) is 6.61. The van der Waals surface area contributed by atoms with E-state index in [0.717, 1.165) is 0 Å². The van der Waals surface area contributed by atoms with E-state index in [0.29, 0.717) is 0 Å². The molecule has 0 aromatic carbocycles. The summed E-state index contributed by atoms with van der Waals surface area (Å²) < 4.78 is 0. The predicted molar refractivity (Wildman–Crippen MR) is 36.6 cm³/mol. The molecule has 0 aromatic rings. The van der Waals surface area contributed by atoms with Gasteiger partial charge in [-0.3, -0.25) is 0 Å². The van der Waals surface area contributed by atoms with Crippen molar-refractivity contribution in [1.82, 2.24) is 0 Å². The minimum Gasteiger partial charge on any atom is -1.00 e. The minimum atomic E-state index is 0. The van der Waals surface area contributed by atoms with Crippen LogP contribution < -0.4 is 12.4 Å². The van der Waals surface area contributed by atoms with Gasteiger partial charge in [0.15, 0.2) is 0 Å². The van der Waals surface area contributed by atoms with Crippen LogP contribution in [0.4, 0.5) is 0 Å². The Morgan fingerprint density at radius 1 is 0.700 bits per heavy atom. The van der Waals surface area contributed by atoms with Crippen LogP contribution in [0.5, 0.6) is 0 Å². The number of halogens is 1. The molecular formula is C8H15ClHg. The van der Waals surface area contributed by atoms with Crippen molar-refractivity contribution in [3.05, 3.63) is 6.42 Å². The molecule has 1 saturated carbocycles.